The Morgan fingerprint density at radius 1 is 0.963 bits per heavy atom. The molecule has 1 saturated carbocycles. The minimum atomic E-state index is -0.431. The maximum atomic E-state index is 13.3. The summed E-state index contributed by atoms with van der Waals surface area (Å²) in [4.78, 5) is 13.3. The van der Waals surface area contributed by atoms with Gasteiger partial charge in [0.2, 0.25) is 5.91 Å². The van der Waals surface area contributed by atoms with Gasteiger partial charge in [-0.2, -0.15) is 0 Å². The molecular formula is C23H29NO3. The summed E-state index contributed by atoms with van der Waals surface area (Å²) >= 11 is 0. The number of anilines is 1. The number of aryl methyl sites for hydroxylation is 1. The molecule has 0 unspecified atom stereocenters. The first-order valence-electron chi connectivity index (χ1n) is 9.74. The van der Waals surface area contributed by atoms with E-state index in [9.17, 15) is 4.79 Å². The Kier molecular flexibility index (Phi) is 6.51. The Labute approximate surface area is 161 Å². The van der Waals surface area contributed by atoms with Gasteiger partial charge in [-0.1, -0.05) is 49.1 Å². The highest BCUT2D eigenvalue weighted by Crippen LogP contribution is 2.40. The number of hydrogen-bond acceptors (Lipinski definition) is 3. The second-order valence-corrected chi connectivity index (χ2v) is 7.33. The third kappa shape index (κ3) is 4.69. The molecule has 3 rings (SSSR count). The van der Waals surface area contributed by atoms with E-state index in [-0.39, 0.29) is 5.91 Å². The van der Waals surface area contributed by atoms with Gasteiger partial charge in [-0.15, -0.1) is 0 Å². The number of rotatable bonds is 7. The zero-order chi connectivity index (χ0) is 19.1. The van der Waals surface area contributed by atoms with Gasteiger partial charge < -0.3 is 14.8 Å². The van der Waals surface area contributed by atoms with Crippen LogP contribution in [0, 0.1) is 6.92 Å². The minimum absolute atomic E-state index is 0.0964. The third-order valence-corrected chi connectivity index (χ3v) is 5.41. The average Bonchev–Trinajstić information content (AvgIpc) is 2.70. The standard InChI is InChI=1S/C23H29NO3/c1-18-6-8-19(9-7-18)23(14-4-3-5-15-23)22(25)24-20-10-12-21(13-11-20)27-17-16-26-2/h6-13H,3-5,14-17H2,1-2H3,(H,24,25). The summed E-state index contributed by atoms with van der Waals surface area (Å²) in [6.07, 6.45) is 5.19. The van der Waals surface area contributed by atoms with Crippen LogP contribution >= 0.6 is 0 Å². The number of amides is 1. The summed E-state index contributed by atoms with van der Waals surface area (Å²) in [6, 6.07) is 16.0. The number of nitrogens with one attached hydrogen (secondary N) is 1. The highest BCUT2D eigenvalue weighted by molar-refractivity contribution is 5.99. The molecule has 0 radical (unpaired) electrons. The predicted octanol–water partition coefficient (Wildman–Crippen LogP) is 4.86. The summed E-state index contributed by atoms with van der Waals surface area (Å²) in [5, 5.41) is 3.14. The van der Waals surface area contributed by atoms with E-state index in [4.69, 9.17) is 9.47 Å². The molecule has 0 atom stereocenters. The lowest BCUT2D eigenvalue weighted by molar-refractivity contribution is -0.122. The van der Waals surface area contributed by atoms with Gasteiger partial charge in [-0.3, -0.25) is 4.79 Å². The van der Waals surface area contributed by atoms with Gasteiger partial charge in [-0.05, 0) is 49.6 Å². The number of hydrogen-bond donors (Lipinski definition) is 1. The summed E-state index contributed by atoms with van der Waals surface area (Å²) in [5.74, 6) is 0.870. The van der Waals surface area contributed by atoms with E-state index in [0.717, 1.165) is 42.7 Å². The first-order valence-corrected chi connectivity index (χ1v) is 9.74. The van der Waals surface area contributed by atoms with Crippen molar-refractivity contribution < 1.29 is 14.3 Å². The van der Waals surface area contributed by atoms with E-state index in [0.29, 0.717) is 13.2 Å². The van der Waals surface area contributed by atoms with E-state index in [1.165, 1.54) is 12.0 Å². The Bertz CT molecular complexity index is 731. The van der Waals surface area contributed by atoms with Crippen LogP contribution in [0.15, 0.2) is 48.5 Å². The summed E-state index contributed by atoms with van der Waals surface area (Å²) in [5.41, 5.74) is 2.72. The van der Waals surface area contributed by atoms with Crippen molar-refractivity contribution in [3.05, 3.63) is 59.7 Å². The lowest BCUT2D eigenvalue weighted by atomic mass is 9.68. The van der Waals surface area contributed by atoms with Crippen LogP contribution in [0.5, 0.6) is 5.75 Å². The fourth-order valence-electron chi connectivity index (χ4n) is 3.80. The monoisotopic (exact) mass is 367 g/mol. The molecule has 2 aromatic rings. The van der Waals surface area contributed by atoms with Crippen molar-refractivity contribution >= 4 is 11.6 Å². The summed E-state index contributed by atoms with van der Waals surface area (Å²) in [7, 11) is 1.65. The van der Waals surface area contributed by atoms with E-state index in [1.807, 2.05) is 24.3 Å². The smallest absolute Gasteiger partial charge is 0.235 e. The van der Waals surface area contributed by atoms with Crippen molar-refractivity contribution in [2.75, 3.05) is 25.6 Å². The first kappa shape index (κ1) is 19.4. The molecule has 0 bridgehead atoms. The number of ether oxygens (including phenoxy) is 2. The van der Waals surface area contributed by atoms with Gasteiger partial charge in [0.05, 0.1) is 12.0 Å². The fourth-order valence-corrected chi connectivity index (χ4v) is 3.80. The van der Waals surface area contributed by atoms with Crippen LogP contribution in [0.2, 0.25) is 0 Å². The van der Waals surface area contributed by atoms with Gasteiger partial charge in [0, 0.05) is 12.8 Å². The second kappa shape index (κ2) is 9.05. The van der Waals surface area contributed by atoms with Crippen molar-refractivity contribution in [1.82, 2.24) is 0 Å². The van der Waals surface area contributed by atoms with Crippen LogP contribution < -0.4 is 10.1 Å². The summed E-state index contributed by atoms with van der Waals surface area (Å²) < 4.78 is 10.6. The molecular weight excluding hydrogens is 338 g/mol. The van der Waals surface area contributed by atoms with Crippen molar-refractivity contribution in [2.45, 2.75) is 44.4 Å². The van der Waals surface area contributed by atoms with E-state index in [1.54, 1.807) is 7.11 Å². The van der Waals surface area contributed by atoms with Crippen LogP contribution in [0.25, 0.3) is 0 Å². The lowest BCUT2D eigenvalue weighted by Gasteiger charge is -2.36. The lowest BCUT2D eigenvalue weighted by Crippen LogP contribution is -2.42. The van der Waals surface area contributed by atoms with Crippen LogP contribution in [0.3, 0.4) is 0 Å². The molecule has 27 heavy (non-hydrogen) atoms. The molecule has 0 spiro atoms. The van der Waals surface area contributed by atoms with E-state index in [2.05, 4.69) is 36.5 Å². The molecule has 1 N–H and O–H groups in total. The molecule has 2 aromatic carbocycles. The van der Waals surface area contributed by atoms with Crippen LogP contribution in [-0.2, 0) is 14.9 Å². The second-order valence-electron chi connectivity index (χ2n) is 7.33. The minimum Gasteiger partial charge on any atom is -0.491 e. The van der Waals surface area contributed by atoms with Gasteiger partial charge >= 0.3 is 0 Å². The number of carbonyl (C=O) groups is 1. The fraction of sp³-hybridized carbons (Fsp3) is 0.435. The van der Waals surface area contributed by atoms with Gasteiger partial charge in [-0.25, -0.2) is 0 Å². The molecule has 1 aliphatic rings. The third-order valence-electron chi connectivity index (χ3n) is 5.41. The summed E-state index contributed by atoms with van der Waals surface area (Å²) in [6.45, 7) is 3.14. The Morgan fingerprint density at radius 3 is 2.26 bits per heavy atom. The zero-order valence-electron chi connectivity index (χ0n) is 16.3. The predicted molar refractivity (Wildman–Crippen MR) is 108 cm³/mol. The van der Waals surface area contributed by atoms with Gasteiger partial charge in [0.15, 0.2) is 0 Å². The highest BCUT2D eigenvalue weighted by Gasteiger charge is 2.41. The Balaban J connectivity index is 1.74. The average molecular weight is 367 g/mol. The quantitative estimate of drug-likeness (QED) is 0.711. The number of methoxy groups -OCH3 is 1. The molecule has 1 fully saturated rings. The molecule has 0 heterocycles. The van der Waals surface area contributed by atoms with Crippen LogP contribution in [0.1, 0.15) is 43.2 Å². The van der Waals surface area contributed by atoms with E-state index < -0.39 is 5.41 Å². The molecule has 1 amide bonds. The molecule has 1 aliphatic carbocycles. The van der Waals surface area contributed by atoms with E-state index >= 15 is 0 Å². The topological polar surface area (TPSA) is 47.6 Å². The van der Waals surface area contributed by atoms with Crippen molar-refractivity contribution in [2.24, 2.45) is 0 Å². The SMILES string of the molecule is COCCOc1ccc(NC(=O)C2(c3ccc(C)cc3)CCCCC2)cc1. The molecule has 0 aliphatic heterocycles. The van der Waals surface area contributed by atoms with Crippen molar-refractivity contribution in [3.63, 3.8) is 0 Å². The molecule has 4 nitrogen and oxygen atoms in total. The maximum absolute atomic E-state index is 13.3. The molecule has 144 valence electrons. The highest BCUT2D eigenvalue weighted by atomic mass is 16.5. The molecule has 0 aromatic heterocycles. The molecule has 0 saturated heterocycles. The maximum Gasteiger partial charge on any atom is 0.235 e. The van der Waals surface area contributed by atoms with Crippen molar-refractivity contribution in [3.8, 4) is 5.75 Å². The van der Waals surface area contributed by atoms with Gasteiger partial charge in [0.1, 0.15) is 12.4 Å². The van der Waals surface area contributed by atoms with Crippen LogP contribution in [-0.4, -0.2) is 26.2 Å². The number of carbonyl (C=O) groups excluding carboxylic acids is 1. The molecule has 4 heteroatoms. The largest absolute Gasteiger partial charge is 0.491 e. The van der Waals surface area contributed by atoms with Gasteiger partial charge in [0.25, 0.3) is 0 Å². The zero-order valence-corrected chi connectivity index (χ0v) is 16.3. The first-order chi connectivity index (χ1) is 13.1. The normalized spacial score (nSPS) is 15.9. The Hall–Kier alpha value is -2.33. The van der Waals surface area contributed by atoms with Crippen molar-refractivity contribution in [1.29, 1.82) is 0 Å². The van der Waals surface area contributed by atoms with Crippen LogP contribution in [0.4, 0.5) is 5.69 Å². The Morgan fingerprint density at radius 2 is 1.63 bits per heavy atom. The number of benzene rings is 2.